The summed E-state index contributed by atoms with van der Waals surface area (Å²) < 4.78 is 0. The number of nitrogens with two attached hydrogens (primary N) is 1. The molecule has 0 aliphatic heterocycles. The van der Waals surface area contributed by atoms with Crippen LogP contribution in [0.15, 0.2) is 0 Å². The fourth-order valence-corrected chi connectivity index (χ4v) is 3.38. The first-order valence-electron chi connectivity index (χ1n) is 6.95. The molecule has 1 saturated carbocycles. The Morgan fingerprint density at radius 3 is 2.33 bits per heavy atom. The van der Waals surface area contributed by atoms with Gasteiger partial charge in [0.2, 0.25) is 0 Å². The lowest BCUT2D eigenvalue weighted by Crippen LogP contribution is -2.46. The second-order valence-corrected chi connectivity index (χ2v) is 5.45. The van der Waals surface area contributed by atoms with Crippen LogP contribution in [0, 0.1) is 11.8 Å². The molecule has 1 aliphatic rings. The van der Waals surface area contributed by atoms with Crippen LogP contribution in [0.5, 0.6) is 0 Å². The normalized spacial score (nSPS) is 33.0. The van der Waals surface area contributed by atoms with Gasteiger partial charge in [-0.1, -0.05) is 52.9 Å². The molecule has 0 spiro atoms. The molecule has 2 N–H and O–H groups in total. The molecule has 0 saturated heterocycles. The maximum atomic E-state index is 6.64. The van der Waals surface area contributed by atoms with Crippen molar-refractivity contribution in [2.24, 2.45) is 17.6 Å². The van der Waals surface area contributed by atoms with E-state index in [1.807, 2.05) is 0 Å². The fraction of sp³-hybridized carbons (Fsp3) is 1.00. The van der Waals surface area contributed by atoms with Gasteiger partial charge in [0.1, 0.15) is 0 Å². The van der Waals surface area contributed by atoms with Crippen LogP contribution in [0.4, 0.5) is 0 Å². The van der Waals surface area contributed by atoms with Gasteiger partial charge in [-0.2, -0.15) is 0 Å². The van der Waals surface area contributed by atoms with Crippen LogP contribution in [0.2, 0.25) is 0 Å². The molecule has 0 radical (unpaired) electrons. The average Bonchev–Trinajstić information content (AvgIpc) is 2.42. The maximum Gasteiger partial charge on any atom is 0.0182 e. The summed E-state index contributed by atoms with van der Waals surface area (Å²) in [6.07, 6.45) is 10.5. The average molecular weight is 211 g/mol. The van der Waals surface area contributed by atoms with Crippen LogP contribution >= 0.6 is 0 Å². The van der Waals surface area contributed by atoms with E-state index in [0.717, 1.165) is 11.8 Å². The number of rotatable bonds is 4. The molecule has 0 aromatic heterocycles. The molecule has 1 rings (SSSR count). The monoisotopic (exact) mass is 211 g/mol. The molecule has 1 fully saturated rings. The SMILES string of the molecule is CCC1CCCC(N)(C(CC)CC)CC1. The van der Waals surface area contributed by atoms with E-state index < -0.39 is 0 Å². The van der Waals surface area contributed by atoms with Crippen molar-refractivity contribution in [3.63, 3.8) is 0 Å². The summed E-state index contributed by atoms with van der Waals surface area (Å²) in [7, 11) is 0. The molecular formula is C14H29N. The topological polar surface area (TPSA) is 26.0 Å². The second kappa shape index (κ2) is 5.89. The zero-order valence-corrected chi connectivity index (χ0v) is 10.9. The molecule has 90 valence electrons. The van der Waals surface area contributed by atoms with Crippen LogP contribution in [0.1, 0.15) is 72.1 Å². The lowest BCUT2D eigenvalue weighted by atomic mass is 9.76. The van der Waals surface area contributed by atoms with Gasteiger partial charge in [0.15, 0.2) is 0 Å². The largest absolute Gasteiger partial charge is 0.325 e. The Hall–Kier alpha value is -0.0400. The minimum absolute atomic E-state index is 0.160. The third kappa shape index (κ3) is 3.21. The molecule has 1 aliphatic carbocycles. The van der Waals surface area contributed by atoms with E-state index in [1.165, 1.54) is 51.4 Å². The van der Waals surface area contributed by atoms with Crippen LogP contribution in [-0.2, 0) is 0 Å². The van der Waals surface area contributed by atoms with E-state index in [9.17, 15) is 0 Å². The van der Waals surface area contributed by atoms with Crippen molar-refractivity contribution in [1.29, 1.82) is 0 Å². The van der Waals surface area contributed by atoms with E-state index in [0.29, 0.717) is 0 Å². The molecule has 2 unspecified atom stereocenters. The highest BCUT2D eigenvalue weighted by atomic mass is 14.8. The molecule has 0 bridgehead atoms. The van der Waals surface area contributed by atoms with Crippen molar-refractivity contribution < 1.29 is 0 Å². The summed E-state index contributed by atoms with van der Waals surface area (Å²) in [5.74, 6) is 1.69. The van der Waals surface area contributed by atoms with Gasteiger partial charge in [-0.15, -0.1) is 0 Å². The molecule has 0 amide bonds. The summed E-state index contributed by atoms with van der Waals surface area (Å²) in [5, 5.41) is 0. The van der Waals surface area contributed by atoms with Crippen molar-refractivity contribution >= 4 is 0 Å². The fourth-order valence-electron chi connectivity index (χ4n) is 3.38. The van der Waals surface area contributed by atoms with E-state index in [4.69, 9.17) is 5.73 Å². The van der Waals surface area contributed by atoms with Crippen LogP contribution in [-0.4, -0.2) is 5.54 Å². The molecule has 0 aromatic carbocycles. The first-order valence-corrected chi connectivity index (χ1v) is 6.95. The van der Waals surface area contributed by atoms with E-state index in [2.05, 4.69) is 20.8 Å². The van der Waals surface area contributed by atoms with Crippen molar-refractivity contribution in [3.05, 3.63) is 0 Å². The smallest absolute Gasteiger partial charge is 0.0182 e. The van der Waals surface area contributed by atoms with E-state index in [-0.39, 0.29) is 5.54 Å². The van der Waals surface area contributed by atoms with E-state index >= 15 is 0 Å². The maximum absolute atomic E-state index is 6.64. The van der Waals surface area contributed by atoms with Crippen molar-refractivity contribution in [1.82, 2.24) is 0 Å². The van der Waals surface area contributed by atoms with E-state index in [1.54, 1.807) is 0 Å². The van der Waals surface area contributed by atoms with Gasteiger partial charge in [-0.05, 0) is 31.1 Å². The highest BCUT2D eigenvalue weighted by Crippen LogP contribution is 2.37. The lowest BCUT2D eigenvalue weighted by Gasteiger charge is -2.36. The highest BCUT2D eigenvalue weighted by molar-refractivity contribution is 4.92. The second-order valence-electron chi connectivity index (χ2n) is 5.45. The molecule has 0 heterocycles. The van der Waals surface area contributed by atoms with Gasteiger partial charge in [0.25, 0.3) is 0 Å². The Kier molecular flexibility index (Phi) is 5.11. The zero-order valence-electron chi connectivity index (χ0n) is 10.9. The molecule has 1 heteroatoms. The molecule has 15 heavy (non-hydrogen) atoms. The van der Waals surface area contributed by atoms with Crippen molar-refractivity contribution in [2.75, 3.05) is 0 Å². The highest BCUT2D eigenvalue weighted by Gasteiger charge is 2.34. The number of hydrogen-bond acceptors (Lipinski definition) is 1. The Bertz CT molecular complexity index is 174. The summed E-state index contributed by atoms with van der Waals surface area (Å²) in [6, 6.07) is 0. The summed E-state index contributed by atoms with van der Waals surface area (Å²) in [6.45, 7) is 6.92. The molecule has 1 nitrogen and oxygen atoms in total. The van der Waals surface area contributed by atoms with Gasteiger partial charge in [0, 0.05) is 5.54 Å². The Balaban J connectivity index is 2.60. The Morgan fingerprint density at radius 1 is 1.13 bits per heavy atom. The first kappa shape index (κ1) is 13.0. The molecule has 0 aromatic rings. The first-order chi connectivity index (χ1) is 7.16. The Morgan fingerprint density at radius 2 is 1.80 bits per heavy atom. The molecule has 2 atom stereocenters. The predicted octanol–water partition coefficient (Wildman–Crippen LogP) is 4.11. The predicted molar refractivity (Wildman–Crippen MR) is 67.9 cm³/mol. The number of hydrogen-bond donors (Lipinski definition) is 1. The van der Waals surface area contributed by atoms with Gasteiger partial charge in [-0.3, -0.25) is 0 Å². The van der Waals surface area contributed by atoms with Crippen molar-refractivity contribution in [2.45, 2.75) is 77.7 Å². The third-order valence-corrected chi connectivity index (χ3v) is 4.65. The minimum Gasteiger partial charge on any atom is -0.325 e. The summed E-state index contributed by atoms with van der Waals surface area (Å²) in [5.41, 5.74) is 6.80. The standard InChI is InChI=1S/C14H29N/c1-4-12-8-7-10-14(15,11-9-12)13(5-2)6-3/h12-13H,4-11,15H2,1-3H3. The summed E-state index contributed by atoms with van der Waals surface area (Å²) in [4.78, 5) is 0. The minimum atomic E-state index is 0.160. The van der Waals surface area contributed by atoms with Crippen LogP contribution < -0.4 is 5.73 Å². The summed E-state index contributed by atoms with van der Waals surface area (Å²) >= 11 is 0. The van der Waals surface area contributed by atoms with Crippen LogP contribution in [0.3, 0.4) is 0 Å². The molecular weight excluding hydrogens is 182 g/mol. The quantitative estimate of drug-likeness (QED) is 0.696. The van der Waals surface area contributed by atoms with Crippen molar-refractivity contribution in [3.8, 4) is 0 Å². The Labute approximate surface area is 95.8 Å². The van der Waals surface area contributed by atoms with Crippen LogP contribution in [0.25, 0.3) is 0 Å². The van der Waals surface area contributed by atoms with Gasteiger partial charge < -0.3 is 5.73 Å². The lowest BCUT2D eigenvalue weighted by molar-refractivity contribution is 0.222. The van der Waals surface area contributed by atoms with Gasteiger partial charge in [-0.25, -0.2) is 0 Å². The third-order valence-electron chi connectivity index (χ3n) is 4.65. The van der Waals surface area contributed by atoms with Gasteiger partial charge >= 0.3 is 0 Å². The van der Waals surface area contributed by atoms with Gasteiger partial charge in [0.05, 0.1) is 0 Å². The zero-order chi connectivity index (χ0) is 11.3.